The number of aromatic nitrogens is 4. The molecule has 5 rings (SSSR count). The smallest absolute Gasteiger partial charge is 0.306 e. The third-order valence-electron chi connectivity index (χ3n) is 6.80. The van der Waals surface area contributed by atoms with Gasteiger partial charge in [-0.2, -0.15) is 4.98 Å². The summed E-state index contributed by atoms with van der Waals surface area (Å²) in [4.78, 5) is 24.9. The molecule has 0 spiro atoms. The molecule has 11 heteroatoms. The van der Waals surface area contributed by atoms with Crippen LogP contribution in [-0.2, 0) is 11.3 Å². The fraction of sp³-hybridized carbons (Fsp3) is 0.357. The maximum Gasteiger partial charge on any atom is 0.306 e. The van der Waals surface area contributed by atoms with Crippen LogP contribution in [0.15, 0.2) is 42.7 Å². The minimum absolute atomic E-state index is 0.176. The van der Waals surface area contributed by atoms with Crippen LogP contribution in [-0.4, -0.2) is 49.9 Å². The number of hydrogen-bond acceptors (Lipinski definition) is 7. The molecule has 0 bridgehead atoms. The first-order valence-electron chi connectivity index (χ1n) is 12.6. The lowest BCUT2D eigenvalue weighted by Crippen LogP contribution is -2.13. The highest BCUT2D eigenvalue weighted by atomic mass is 35.5. The Hall–Kier alpha value is -3.92. The number of hydrogen-bond donors (Lipinski definition) is 1. The Balaban J connectivity index is 1.60. The van der Waals surface area contributed by atoms with Gasteiger partial charge in [0.05, 0.1) is 31.2 Å². The molecule has 1 aliphatic rings. The molecule has 204 valence electrons. The van der Waals surface area contributed by atoms with Gasteiger partial charge in [-0.1, -0.05) is 24.6 Å². The molecule has 1 fully saturated rings. The summed E-state index contributed by atoms with van der Waals surface area (Å²) in [7, 11) is 1.52. The molecule has 9 nitrogen and oxygen atoms in total. The van der Waals surface area contributed by atoms with E-state index in [0.717, 1.165) is 12.8 Å². The molecule has 0 unspecified atom stereocenters. The van der Waals surface area contributed by atoms with Gasteiger partial charge in [-0.05, 0) is 56.5 Å². The van der Waals surface area contributed by atoms with Crippen LogP contribution in [0.3, 0.4) is 0 Å². The van der Waals surface area contributed by atoms with E-state index in [4.69, 9.17) is 35.9 Å². The first-order valence-corrected chi connectivity index (χ1v) is 12.9. The lowest BCUT2D eigenvalue weighted by Gasteiger charge is -2.15. The first-order chi connectivity index (χ1) is 18.7. The highest BCUT2D eigenvalue weighted by Gasteiger charge is 2.41. The van der Waals surface area contributed by atoms with Crippen LogP contribution in [0.2, 0.25) is 5.02 Å². The Bertz CT molecular complexity index is 1540. The number of benzene rings is 2. The number of aliphatic carboxylic acids is 1. The molecule has 1 saturated carbocycles. The molecule has 2 heterocycles. The van der Waals surface area contributed by atoms with Crippen LogP contribution in [0.25, 0.3) is 22.6 Å². The standard InChI is InChI=1S/C28H28ClFN4O5/c1-16(27(35)36)9-12-38-21-6-4-5-19(22(21)29)24-33-23-25(31-15-32-26(23)39-28(2)10-11-28)34(24)14-17-13-18(30)7-8-20(17)37-3/h4-8,13,15-16H,9-12,14H2,1-3H3,(H,35,36)/t16-/m0/s1. The Labute approximate surface area is 229 Å². The molecule has 2 aromatic carbocycles. The van der Waals surface area contributed by atoms with Crippen LogP contribution in [0.4, 0.5) is 4.39 Å². The van der Waals surface area contributed by atoms with Gasteiger partial charge in [0, 0.05) is 11.1 Å². The van der Waals surface area contributed by atoms with E-state index in [1.165, 1.54) is 25.6 Å². The fourth-order valence-electron chi connectivity index (χ4n) is 4.16. The van der Waals surface area contributed by atoms with Crippen molar-refractivity contribution in [1.82, 2.24) is 19.5 Å². The van der Waals surface area contributed by atoms with Gasteiger partial charge >= 0.3 is 5.97 Å². The van der Waals surface area contributed by atoms with Gasteiger partial charge in [-0.25, -0.2) is 14.4 Å². The monoisotopic (exact) mass is 554 g/mol. The van der Waals surface area contributed by atoms with Crippen molar-refractivity contribution in [3.05, 3.63) is 59.1 Å². The maximum atomic E-state index is 14.2. The number of carbonyl (C=O) groups is 1. The second kappa shape index (κ2) is 10.7. The lowest BCUT2D eigenvalue weighted by atomic mass is 10.1. The van der Waals surface area contributed by atoms with E-state index in [-0.39, 0.29) is 18.8 Å². The van der Waals surface area contributed by atoms with Crippen molar-refractivity contribution in [3.8, 4) is 28.8 Å². The van der Waals surface area contributed by atoms with E-state index in [0.29, 0.717) is 56.9 Å². The molecular weight excluding hydrogens is 527 g/mol. The van der Waals surface area contributed by atoms with Crippen molar-refractivity contribution < 1.29 is 28.5 Å². The molecule has 1 aliphatic carbocycles. The van der Waals surface area contributed by atoms with Crippen molar-refractivity contribution in [1.29, 1.82) is 0 Å². The van der Waals surface area contributed by atoms with Crippen molar-refractivity contribution in [2.45, 2.75) is 45.3 Å². The summed E-state index contributed by atoms with van der Waals surface area (Å²) in [5.74, 6) is -0.130. The third kappa shape index (κ3) is 5.61. The summed E-state index contributed by atoms with van der Waals surface area (Å²) in [5.41, 5.74) is 1.78. The molecule has 2 aromatic heterocycles. The van der Waals surface area contributed by atoms with E-state index in [1.54, 1.807) is 31.2 Å². The second-order valence-electron chi connectivity index (χ2n) is 9.87. The van der Waals surface area contributed by atoms with Gasteiger partial charge in [-0.15, -0.1) is 0 Å². The summed E-state index contributed by atoms with van der Waals surface area (Å²) in [5, 5.41) is 9.45. The normalized spacial score (nSPS) is 14.7. The Morgan fingerprint density at radius 2 is 2.03 bits per heavy atom. The number of carboxylic acid groups (broad SMARTS) is 1. The van der Waals surface area contributed by atoms with Crippen LogP contribution in [0.1, 0.15) is 38.7 Å². The van der Waals surface area contributed by atoms with Crippen LogP contribution in [0.5, 0.6) is 17.4 Å². The molecule has 39 heavy (non-hydrogen) atoms. The first kappa shape index (κ1) is 26.7. The summed E-state index contributed by atoms with van der Waals surface area (Å²) in [6, 6.07) is 9.60. The summed E-state index contributed by atoms with van der Waals surface area (Å²) < 4.78 is 33.6. The number of methoxy groups -OCH3 is 1. The zero-order valence-electron chi connectivity index (χ0n) is 21.8. The van der Waals surface area contributed by atoms with E-state index in [9.17, 15) is 9.18 Å². The SMILES string of the molecule is COc1ccc(F)cc1Cn1c(-c2cccc(OCC[C@H](C)C(=O)O)c2Cl)nc2c(OC3(C)CC3)ncnc21. The highest BCUT2D eigenvalue weighted by molar-refractivity contribution is 6.34. The van der Waals surface area contributed by atoms with E-state index in [2.05, 4.69) is 9.97 Å². The minimum atomic E-state index is -0.890. The van der Waals surface area contributed by atoms with Crippen LogP contribution in [0, 0.1) is 11.7 Å². The van der Waals surface area contributed by atoms with Gasteiger partial charge in [0.2, 0.25) is 5.88 Å². The average molecular weight is 555 g/mol. The Morgan fingerprint density at radius 3 is 2.74 bits per heavy atom. The summed E-state index contributed by atoms with van der Waals surface area (Å²) in [6.45, 7) is 3.99. The lowest BCUT2D eigenvalue weighted by molar-refractivity contribution is -0.141. The van der Waals surface area contributed by atoms with Crippen molar-refractivity contribution >= 4 is 28.7 Å². The Morgan fingerprint density at radius 1 is 1.23 bits per heavy atom. The van der Waals surface area contributed by atoms with E-state index < -0.39 is 17.7 Å². The number of ether oxygens (including phenoxy) is 3. The molecule has 4 aromatic rings. The molecule has 0 saturated heterocycles. The third-order valence-corrected chi connectivity index (χ3v) is 7.19. The fourth-order valence-corrected chi connectivity index (χ4v) is 4.43. The minimum Gasteiger partial charge on any atom is -0.496 e. The van der Waals surface area contributed by atoms with E-state index in [1.807, 2.05) is 11.5 Å². The van der Waals surface area contributed by atoms with Gasteiger partial charge in [0.1, 0.15) is 35.1 Å². The number of halogens is 2. The van der Waals surface area contributed by atoms with Gasteiger partial charge in [0.15, 0.2) is 11.2 Å². The number of imidazole rings is 1. The van der Waals surface area contributed by atoms with Crippen LogP contribution >= 0.6 is 11.6 Å². The molecular formula is C28H28ClFN4O5. The van der Waals surface area contributed by atoms with E-state index >= 15 is 0 Å². The quantitative estimate of drug-likeness (QED) is 0.249. The molecule has 0 aliphatic heterocycles. The predicted octanol–water partition coefficient (Wildman–Crippen LogP) is 5.76. The molecule has 0 amide bonds. The molecule has 1 N–H and O–H groups in total. The number of carboxylic acids is 1. The summed E-state index contributed by atoms with van der Waals surface area (Å²) >= 11 is 6.82. The number of nitrogens with zero attached hydrogens (tertiary/aromatic N) is 4. The largest absolute Gasteiger partial charge is 0.496 e. The molecule has 0 radical (unpaired) electrons. The van der Waals surface area contributed by atoms with Crippen molar-refractivity contribution in [3.63, 3.8) is 0 Å². The second-order valence-corrected chi connectivity index (χ2v) is 10.3. The average Bonchev–Trinajstić information content (AvgIpc) is 3.52. The number of rotatable bonds is 11. The number of fused-ring (bicyclic) bond motifs is 1. The Kier molecular flexibility index (Phi) is 7.31. The molecule has 1 atom stereocenters. The highest BCUT2D eigenvalue weighted by Crippen LogP contribution is 2.42. The summed E-state index contributed by atoms with van der Waals surface area (Å²) in [6.07, 6.45) is 3.57. The van der Waals surface area contributed by atoms with Crippen molar-refractivity contribution in [2.75, 3.05) is 13.7 Å². The zero-order chi connectivity index (χ0) is 27.7. The van der Waals surface area contributed by atoms with Crippen LogP contribution < -0.4 is 14.2 Å². The topological polar surface area (TPSA) is 109 Å². The van der Waals surface area contributed by atoms with Gasteiger partial charge < -0.3 is 23.9 Å². The van der Waals surface area contributed by atoms with Crippen molar-refractivity contribution in [2.24, 2.45) is 5.92 Å². The predicted molar refractivity (Wildman–Crippen MR) is 143 cm³/mol. The van der Waals surface area contributed by atoms with Gasteiger partial charge in [-0.3, -0.25) is 4.79 Å². The maximum absolute atomic E-state index is 14.2. The zero-order valence-corrected chi connectivity index (χ0v) is 22.5. The van der Waals surface area contributed by atoms with Gasteiger partial charge in [0.25, 0.3) is 0 Å².